The molecule has 0 bridgehead atoms. The smallest absolute Gasteiger partial charge is 0.270 e. The lowest BCUT2D eigenvalue weighted by atomic mass is 10.1. The largest absolute Gasteiger partial charge is 0.497 e. The van der Waals surface area contributed by atoms with Crippen LogP contribution in [0.5, 0.6) is 11.5 Å². The van der Waals surface area contributed by atoms with E-state index in [0.29, 0.717) is 32.6 Å². The summed E-state index contributed by atoms with van der Waals surface area (Å²) >= 11 is 2.55. The highest BCUT2D eigenvalue weighted by Crippen LogP contribution is 2.35. The Morgan fingerprint density at radius 3 is 2.70 bits per heavy atom. The number of nitrogens with zero attached hydrogens (tertiary/aromatic N) is 2. The molecule has 0 aliphatic rings. The zero-order valence-corrected chi connectivity index (χ0v) is 17.5. The van der Waals surface area contributed by atoms with Gasteiger partial charge in [0.2, 0.25) is 0 Å². The van der Waals surface area contributed by atoms with Crippen LogP contribution in [0, 0.1) is 10.1 Å². The molecule has 0 radical (unpaired) electrons. The van der Waals surface area contributed by atoms with Crippen LogP contribution in [0.15, 0.2) is 47.8 Å². The molecule has 8 nitrogen and oxygen atoms in total. The van der Waals surface area contributed by atoms with E-state index in [9.17, 15) is 14.9 Å². The molecular formula is C20H15N3O5S2. The molecule has 0 aliphatic heterocycles. The van der Waals surface area contributed by atoms with Crippen molar-refractivity contribution in [1.29, 1.82) is 0 Å². The number of hydrogen-bond donors (Lipinski definition) is 1. The number of hydrogen-bond acceptors (Lipinski definition) is 8. The van der Waals surface area contributed by atoms with Crippen molar-refractivity contribution < 1.29 is 19.2 Å². The predicted octanol–water partition coefficient (Wildman–Crippen LogP) is 5.20. The monoisotopic (exact) mass is 441 g/mol. The van der Waals surface area contributed by atoms with E-state index in [4.69, 9.17) is 9.47 Å². The molecule has 1 amide bonds. The Morgan fingerprint density at radius 1 is 1.13 bits per heavy atom. The van der Waals surface area contributed by atoms with Gasteiger partial charge >= 0.3 is 0 Å². The lowest BCUT2D eigenvalue weighted by Gasteiger charge is -2.08. The topological polar surface area (TPSA) is 104 Å². The molecule has 4 rings (SSSR count). The molecule has 0 unspecified atom stereocenters. The zero-order chi connectivity index (χ0) is 21.3. The summed E-state index contributed by atoms with van der Waals surface area (Å²) in [5.41, 5.74) is 1.39. The van der Waals surface area contributed by atoms with Crippen LogP contribution in [-0.4, -0.2) is 30.0 Å². The average molecular weight is 441 g/mol. The first-order chi connectivity index (χ1) is 14.5. The van der Waals surface area contributed by atoms with Crippen LogP contribution in [0.3, 0.4) is 0 Å². The van der Waals surface area contributed by atoms with E-state index < -0.39 is 4.92 Å². The summed E-state index contributed by atoms with van der Waals surface area (Å²) < 4.78 is 11.5. The van der Waals surface area contributed by atoms with E-state index in [1.54, 1.807) is 38.5 Å². The van der Waals surface area contributed by atoms with Crippen LogP contribution in [-0.2, 0) is 0 Å². The third-order valence-electron chi connectivity index (χ3n) is 4.34. The Hall–Kier alpha value is -3.50. The van der Waals surface area contributed by atoms with Crippen LogP contribution in [0.25, 0.3) is 21.3 Å². The van der Waals surface area contributed by atoms with Crippen molar-refractivity contribution in [2.75, 3.05) is 19.5 Å². The highest BCUT2D eigenvalue weighted by molar-refractivity contribution is 7.21. The van der Waals surface area contributed by atoms with Gasteiger partial charge in [-0.05, 0) is 30.3 Å². The molecule has 0 fully saturated rings. The van der Waals surface area contributed by atoms with Gasteiger partial charge in [0.15, 0.2) is 5.13 Å². The number of amides is 1. The van der Waals surface area contributed by atoms with Gasteiger partial charge in [-0.15, -0.1) is 22.7 Å². The van der Waals surface area contributed by atoms with Crippen molar-refractivity contribution in [3.8, 4) is 22.8 Å². The van der Waals surface area contributed by atoms with Gasteiger partial charge in [0.1, 0.15) is 11.5 Å². The first kappa shape index (κ1) is 19.8. The number of non-ortho nitro benzene ring substituents is 1. The zero-order valence-electron chi connectivity index (χ0n) is 15.9. The molecule has 2 heterocycles. The van der Waals surface area contributed by atoms with E-state index in [-0.39, 0.29) is 11.6 Å². The van der Waals surface area contributed by atoms with Crippen molar-refractivity contribution in [2.24, 2.45) is 0 Å². The lowest BCUT2D eigenvalue weighted by molar-refractivity contribution is -0.384. The Kier molecular flexibility index (Phi) is 5.34. The van der Waals surface area contributed by atoms with E-state index in [0.717, 1.165) is 10.3 Å². The predicted molar refractivity (Wildman–Crippen MR) is 117 cm³/mol. The van der Waals surface area contributed by atoms with Crippen LogP contribution in [0.1, 0.15) is 9.67 Å². The molecule has 10 heteroatoms. The van der Waals surface area contributed by atoms with Crippen molar-refractivity contribution in [3.05, 3.63) is 62.8 Å². The number of nitro groups is 1. The molecule has 2 aromatic carbocycles. The Labute approximate surface area is 178 Å². The number of ether oxygens (including phenoxy) is 2. The second-order valence-electron chi connectivity index (χ2n) is 6.15. The summed E-state index contributed by atoms with van der Waals surface area (Å²) in [6, 6.07) is 11.6. The van der Waals surface area contributed by atoms with Crippen molar-refractivity contribution in [2.45, 2.75) is 0 Å². The molecule has 4 aromatic rings. The summed E-state index contributed by atoms with van der Waals surface area (Å²) in [5.74, 6) is 0.992. The molecule has 0 saturated heterocycles. The van der Waals surface area contributed by atoms with E-state index in [2.05, 4.69) is 10.3 Å². The molecule has 0 spiro atoms. The number of carbonyl (C=O) groups is 1. The van der Waals surface area contributed by atoms with Gasteiger partial charge in [-0.3, -0.25) is 20.2 Å². The summed E-state index contributed by atoms with van der Waals surface area (Å²) in [7, 11) is 3.16. The molecular weight excluding hydrogens is 426 g/mol. The van der Waals surface area contributed by atoms with Crippen LogP contribution >= 0.6 is 22.7 Å². The quantitative estimate of drug-likeness (QED) is 0.326. The highest BCUT2D eigenvalue weighted by Gasteiger charge is 2.16. The minimum atomic E-state index is -0.458. The van der Waals surface area contributed by atoms with Gasteiger partial charge in [0.05, 0.1) is 29.7 Å². The fourth-order valence-corrected chi connectivity index (χ4v) is 4.53. The third-order valence-corrected chi connectivity index (χ3v) is 6.21. The number of benzene rings is 2. The Bertz CT molecular complexity index is 1260. The first-order valence-corrected chi connectivity index (χ1v) is 10.4. The van der Waals surface area contributed by atoms with Crippen molar-refractivity contribution in [3.63, 3.8) is 0 Å². The second-order valence-corrected chi connectivity index (χ2v) is 8.09. The van der Waals surface area contributed by atoms with E-state index in [1.807, 2.05) is 11.4 Å². The fourth-order valence-electron chi connectivity index (χ4n) is 2.88. The maximum Gasteiger partial charge on any atom is 0.270 e. The normalized spacial score (nSPS) is 10.7. The van der Waals surface area contributed by atoms with Crippen molar-refractivity contribution in [1.82, 2.24) is 4.98 Å². The maximum absolute atomic E-state index is 12.7. The van der Waals surface area contributed by atoms with Gasteiger partial charge in [-0.2, -0.15) is 0 Å². The summed E-state index contributed by atoms with van der Waals surface area (Å²) in [5, 5.41) is 16.6. The maximum atomic E-state index is 12.7. The minimum absolute atomic E-state index is 0.0101. The number of thiazole rings is 1. The number of aromatic nitrogens is 1. The second kappa shape index (κ2) is 8.09. The van der Waals surface area contributed by atoms with Gasteiger partial charge in [0.25, 0.3) is 11.6 Å². The summed E-state index contributed by atoms with van der Waals surface area (Å²) in [6.07, 6.45) is 0. The van der Waals surface area contributed by atoms with Crippen LogP contribution < -0.4 is 14.8 Å². The average Bonchev–Trinajstić information content (AvgIpc) is 3.39. The Balaban J connectivity index is 1.57. The standard InChI is InChI=1S/C20H15N3O5S2/c1-27-13-4-5-16(28-2)14(9-13)15-10-29-20(21-15)22-19(24)18-8-11-7-12(23(25)26)3-6-17(11)30-18/h3-10H,1-2H3,(H,21,22,24). The number of anilines is 1. The lowest BCUT2D eigenvalue weighted by Crippen LogP contribution is -2.09. The molecule has 30 heavy (non-hydrogen) atoms. The molecule has 2 aromatic heterocycles. The number of thiophene rings is 1. The van der Waals surface area contributed by atoms with Gasteiger partial charge in [0, 0.05) is 33.2 Å². The molecule has 152 valence electrons. The highest BCUT2D eigenvalue weighted by atomic mass is 32.1. The van der Waals surface area contributed by atoms with E-state index in [1.165, 1.54) is 34.8 Å². The summed E-state index contributed by atoms with van der Waals surface area (Å²) in [6.45, 7) is 0. The Morgan fingerprint density at radius 2 is 1.97 bits per heavy atom. The van der Waals surface area contributed by atoms with Crippen LogP contribution in [0.2, 0.25) is 0 Å². The number of carbonyl (C=O) groups excluding carboxylic acids is 1. The SMILES string of the molecule is COc1ccc(OC)c(-c2csc(NC(=O)c3cc4cc([N+](=O)[O-])ccc4s3)n2)c1. The first-order valence-electron chi connectivity index (χ1n) is 8.66. The fraction of sp³-hybridized carbons (Fsp3) is 0.100. The summed E-state index contributed by atoms with van der Waals surface area (Å²) in [4.78, 5) is 28.1. The van der Waals surface area contributed by atoms with Crippen LogP contribution in [0.4, 0.5) is 10.8 Å². The van der Waals surface area contributed by atoms with Gasteiger partial charge in [-0.25, -0.2) is 4.98 Å². The number of nitro benzene ring substituents is 1. The molecule has 0 atom stereocenters. The number of nitrogens with one attached hydrogen (secondary N) is 1. The number of methoxy groups -OCH3 is 2. The molecule has 0 aliphatic carbocycles. The molecule has 0 saturated carbocycles. The van der Waals surface area contributed by atoms with Gasteiger partial charge in [-0.1, -0.05) is 0 Å². The van der Waals surface area contributed by atoms with Gasteiger partial charge < -0.3 is 9.47 Å². The number of rotatable bonds is 6. The number of fused-ring (bicyclic) bond motifs is 1. The van der Waals surface area contributed by atoms with E-state index >= 15 is 0 Å². The van der Waals surface area contributed by atoms with Crippen molar-refractivity contribution >= 4 is 49.5 Å². The third kappa shape index (κ3) is 3.82. The molecule has 1 N–H and O–H groups in total. The minimum Gasteiger partial charge on any atom is -0.497 e.